The van der Waals surface area contributed by atoms with Crippen molar-refractivity contribution in [1.82, 2.24) is 9.80 Å². The maximum Gasteiger partial charge on any atom is 0.277 e. The lowest BCUT2D eigenvalue weighted by Gasteiger charge is -2.38. The van der Waals surface area contributed by atoms with Crippen LogP contribution < -0.4 is 9.64 Å². The number of carbonyl (C=O) groups is 2. The Kier molecular flexibility index (Phi) is 6.06. The van der Waals surface area contributed by atoms with E-state index in [1.165, 1.54) is 16.2 Å². The number of rotatable bonds is 7. The third kappa shape index (κ3) is 3.68. The van der Waals surface area contributed by atoms with Crippen LogP contribution in [0.1, 0.15) is 4.88 Å². The van der Waals surface area contributed by atoms with E-state index in [-0.39, 0.29) is 18.4 Å². The van der Waals surface area contributed by atoms with Gasteiger partial charge in [0.2, 0.25) is 0 Å². The van der Waals surface area contributed by atoms with Gasteiger partial charge in [-0.05, 0) is 23.6 Å². The Morgan fingerprint density at radius 2 is 1.67 bits per heavy atom. The number of anilines is 1. The number of thiophene rings is 1. The van der Waals surface area contributed by atoms with Crippen LogP contribution in [0.2, 0.25) is 0 Å². The summed E-state index contributed by atoms with van der Waals surface area (Å²) in [5.74, 6) is 0.371. The summed E-state index contributed by atoms with van der Waals surface area (Å²) in [4.78, 5) is 32.7. The summed E-state index contributed by atoms with van der Waals surface area (Å²) < 4.78 is 10.6. The maximum absolute atomic E-state index is 13.2. The predicted molar refractivity (Wildman–Crippen MR) is 117 cm³/mol. The summed E-state index contributed by atoms with van der Waals surface area (Å²) in [5, 5.41) is 1.93. The average molecular weight is 428 g/mol. The highest BCUT2D eigenvalue weighted by Crippen LogP contribution is 2.35. The van der Waals surface area contributed by atoms with E-state index in [2.05, 4.69) is 4.90 Å². The molecule has 1 aromatic heterocycles. The molecule has 0 unspecified atom stereocenters. The van der Waals surface area contributed by atoms with E-state index in [1.807, 2.05) is 46.7 Å². The SMILES string of the molecule is COCCN1C(=O)C(c2cccs2)=C(N2CCN(c3ccccc3OC)CC2)C1=O. The van der Waals surface area contributed by atoms with Crippen LogP contribution in [-0.4, -0.2) is 75.2 Å². The zero-order chi connectivity index (χ0) is 21.1. The van der Waals surface area contributed by atoms with Gasteiger partial charge in [-0.1, -0.05) is 18.2 Å². The summed E-state index contributed by atoms with van der Waals surface area (Å²) in [6.45, 7) is 3.36. The van der Waals surface area contributed by atoms with Gasteiger partial charge in [-0.3, -0.25) is 14.5 Å². The molecule has 2 aromatic rings. The van der Waals surface area contributed by atoms with E-state index >= 15 is 0 Å². The molecule has 8 heteroatoms. The Hall–Kier alpha value is -2.84. The second-order valence-corrected chi connectivity index (χ2v) is 8.05. The molecule has 3 heterocycles. The normalized spacial score (nSPS) is 17.3. The fraction of sp³-hybridized carbons (Fsp3) is 0.364. The van der Waals surface area contributed by atoms with Crippen molar-refractivity contribution >= 4 is 34.4 Å². The standard InChI is InChI=1S/C22H25N3O4S/c1-28-14-13-25-21(26)19(18-8-5-15-30-18)20(22(25)27)24-11-9-23(10-12-24)16-6-3-4-7-17(16)29-2/h3-8,15H,9-14H2,1-2H3. The molecule has 1 saturated heterocycles. The van der Waals surface area contributed by atoms with Crippen LogP contribution in [0.15, 0.2) is 47.5 Å². The van der Waals surface area contributed by atoms with E-state index in [9.17, 15) is 9.59 Å². The van der Waals surface area contributed by atoms with Gasteiger partial charge in [0.1, 0.15) is 11.4 Å². The Balaban J connectivity index is 1.58. The molecule has 2 aliphatic heterocycles. The number of para-hydroxylation sites is 2. The number of methoxy groups -OCH3 is 2. The fourth-order valence-corrected chi connectivity index (χ4v) is 4.71. The number of nitrogens with zero attached hydrogens (tertiary/aromatic N) is 3. The van der Waals surface area contributed by atoms with Crippen LogP contribution in [0.25, 0.3) is 5.57 Å². The Bertz CT molecular complexity index is 949. The summed E-state index contributed by atoms with van der Waals surface area (Å²) >= 11 is 1.48. The molecule has 30 heavy (non-hydrogen) atoms. The summed E-state index contributed by atoms with van der Waals surface area (Å²) in [6, 6.07) is 11.7. The number of carbonyl (C=O) groups excluding carboxylic acids is 2. The molecule has 1 fully saturated rings. The molecule has 0 aliphatic carbocycles. The molecule has 0 saturated carbocycles. The number of ether oxygens (including phenoxy) is 2. The van der Waals surface area contributed by atoms with Crippen LogP contribution in [0.3, 0.4) is 0 Å². The third-order valence-corrected chi connectivity index (χ3v) is 6.34. The quantitative estimate of drug-likeness (QED) is 0.632. The molecule has 2 aliphatic rings. The van der Waals surface area contributed by atoms with Crippen LogP contribution >= 0.6 is 11.3 Å². The van der Waals surface area contributed by atoms with Crippen molar-refractivity contribution < 1.29 is 19.1 Å². The molecule has 0 spiro atoms. The van der Waals surface area contributed by atoms with Crippen LogP contribution in [-0.2, 0) is 14.3 Å². The fourth-order valence-electron chi connectivity index (χ4n) is 3.95. The second kappa shape index (κ2) is 8.89. The third-order valence-electron chi connectivity index (χ3n) is 5.45. The lowest BCUT2D eigenvalue weighted by molar-refractivity contribution is -0.138. The highest BCUT2D eigenvalue weighted by atomic mass is 32.1. The molecule has 7 nitrogen and oxygen atoms in total. The minimum atomic E-state index is -0.235. The highest BCUT2D eigenvalue weighted by molar-refractivity contribution is 7.11. The van der Waals surface area contributed by atoms with Crippen LogP contribution in [0.4, 0.5) is 5.69 Å². The summed E-state index contributed by atoms with van der Waals surface area (Å²) in [7, 11) is 3.24. The summed E-state index contributed by atoms with van der Waals surface area (Å²) in [5.41, 5.74) is 2.07. The highest BCUT2D eigenvalue weighted by Gasteiger charge is 2.42. The van der Waals surface area contributed by atoms with Crippen molar-refractivity contribution in [2.45, 2.75) is 0 Å². The van der Waals surface area contributed by atoms with Gasteiger partial charge in [-0.15, -0.1) is 11.3 Å². The molecular formula is C22H25N3O4S. The largest absolute Gasteiger partial charge is 0.495 e. The first-order valence-corrected chi connectivity index (χ1v) is 10.8. The number of imide groups is 1. The molecule has 4 rings (SSSR count). The van der Waals surface area contributed by atoms with Crippen LogP contribution in [0.5, 0.6) is 5.75 Å². The van der Waals surface area contributed by atoms with Crippen LogP contribution in [0, 0.1) is 0 Å². The van der Waals surface area contributed by atoms with E-state index in [1.54, 1.807) is 14.2 Å². The van der Waals surface area contributed by atoms with Crippen molar-refractivity contribution in [3.8, 4) is 5.75 Å². The second-order valence-electron chi connectivity index (χ2n) is 7.10. The molecule has 0 radical (unpaired) electrons. The first kappa shape index (κ1) is 20.4. The number of hydrogen-bond donors (Lipinski definition) is 0. The first-order valence-electron chi connectivity index (χ1n) is 9.92. The number of benzene rings is 1. The Morgan fingerprint density at radius 3 is 2.33 bits per heavy atom. The van der Waals surface area contributed by atoms with Gasteiger partial charge >= 0.3 is 0 Å². The van der Waals surface area contributed by atoms with Crippen molar-refractivity contribution in [2.24, 2.45) is 0 Å². The van der Waals surface area contributed by atoms with Gasteiger partial charge in [0.25, 0.3) is 11.8 Å². The van der Waals surface area contributed by atoms with E-state index < -0.39 is 0 Å². The van der Waals surface area contributed by atoms with E-state index in [4.69, 9.17) is 9.47 Å². The monoisotopic (exact) mass is 427 g/mol. The molecule has 2 amide bonds. The van der Waals surface area contributed by atoms with Gasteiger partial charge < -0.3 is 19.3 Å². The van der Waals surface area contributed by atoms with E-state index in [0.29, 0.717) is 31.0 Å². The predicted octanol–water partition coefficient (Wildman–Crippen LogP) is 2.31. The first-order chi connectivity index (χ1) is 14.7. The van der Waals surface area contributed by atoms with Gasteiger partial charge in [-0.25, -0.2) is 0 Å². The van der Waals surface area contributed by atoms with Crippen molar-refractivity contribution in [3.63, 3.8) is 0 Å². The van der Waals surface area contributed by atoms with Gasteiger partial charge in [0, 0.05) is 38.2 Å². The number of piperazine rings is 1. The minimum Gasteiger partial charge on any atom is -0.495 e. The molecule has 1 aromatic carbocycles. The smallest absolute Gasteiger partial charge is 0.277 e. The number of hydrogen-bond acceptors (Lipinski definition) is 7. The molecule has 158 valence electrons. The topological polar surface area (TPSA) is 62.3 Å². The zero-order valence-corrected chi connectivity index (χ0v) is 18.0. The van der Waals surface area contributed by atoms with Crippen molar-refractivity contribution in [3.05, 3.63) is 52.4 Å². The zero-order valence-electron chi connectivity index (χ0n) is 17.2. The van der Waals surface area contributed by atoms with E-state index in [0.717, 1.165) is 29.4 Å². The Morgan fingerprint density at radius 1 is 0.933 bits per heavy atom. The van der Waals surface area contributed by atoms with Crippen molar-refractivity contribution in [1.29, 1.82) is 0 Å². The average Bonchev–Trinajstić information content (AvgIpc) is 3.39. The molecule has 0 atom stereocenters. The summed E-state index contributed by atoms with van der Waals surface area (Å²) in [6.07, 6.45) is 0. The number of amides is 2. The lowest BCUT2D eigenvalue weighted by atomic mass is 10.1. The lowest BCUT2D eigenvalue weighted by Crippen LogP contribution is -2.48. The van der Waals surface area contributed by atoms with Gasteiger partial charge in [0.15, 0.2) is 0 Å². The minimum absolute atomic E-state index is 0.230. The maximum atomic E-state index is 13.2. The van der Waals surface area contributed by atoms with Crippen molar-refractivity contribution in [2.75, 3.05) is 58.5 Å². The van der Waals surface area contributed by atoms with Gasteiger partial charge in [-0.2, -0.15) is 0 Å². The molecule has 0 N–H and O–H groups in total. The van der Waals surface area contributed by atoms with Gasteiger partial charge in [0.05, 0.1) is 31.5 Å². The Labute approximate surface area is 180 Å². The molecule has 0 bridgehead atoms. The molecular weight excluding hydrogens is 402 g/mol.